The van der Waals surface area contributed by atoms with Crippen LogP contribution in [0.25, 0.3) is 0 Å². The lowest BCUT2D eigenvalue weighted by Gasteiger charge is -2.32. The molecule has 1 saturated heterocycles. The Kier molecular flexibility index (Phi) is 4.91. The lowest BCUT2D eigenvalue weighted by molar-refractivity contribution is -0.131. The van der Waals surface area contributed by atoms with Gasteiger partial charge in [-0.25, -0.2) is 0 Å². The number of aromatic nitrogens is 1. The summed E-state index contributed by atoms with van der Waals surface area (Å²) in [6.07, 6.45) is 4.22. The van der Waals surface area contributed by atoms with Crippen molar-refractivity contribution in [2.75, 3.05) is 32.7 Å². The summed E-state index contributed by atoms with van der Waals surface area (Å²) in [5.41, 5.74) is 1.78. The van der Waals surface area contributed by atoms with E-state index in [4.69, 9.17) is 0 Å². The number of carbonyl (C=O) groups is 2. The monoisotopic (exact) mass is 316 g/mol. The van der Waals surface area contributed by atoms with E-state index in [0.717, 1.165) is 30.9 Å². The van der Waals surface area contributed by atoms with Crippen LogP contribution in [0.3, 0.4) is 0 Å². The molecule has 2 aliphatic heterocycles. The number of amides is 2. The fourth-order valence-electron chi connectivity index (χ4n) is 3.39. The number of nitrogens with one attached hydrogen (secondary N) is 1. The maximum absolute atomic E-state index is 12.6. The smallest absolute Gasteiger partial charge is 0.231 e. The van der Waals surface area contributed by atoms with E-state index >= 15 is 0 Å². The van der Waals surface area contributed by atoms with Gasteiger partial charge in [0.05, 0.1) is 11.6 Å². The number of likely N-dealkylation sites (tertiary alicyclic amines) is 1. The SMILES string of the molecule is CC(=O)N1Cc2cccnc2C(C(=O)NCCN2CCCC2)C1. The van der Waals surface area contributed by atoms with Crippen molar-refractivity contribution >= 4 is 11.8 Å². The lowest BCUT2D eigenvalue weighted by atomic mass is 9.94. The standard InChI is InChI=1S/C17H24N4O2/c1-13(22)21-11-14-5-4-6-18-16(14)15(12-21)17(23)19-7-10-20-8-2-3-9-20/h4-6,15H,2-3,7-12H2,1H3,(H,19,23). The van der Waals surface area contributed by atoms with Crippen LogP contribution in [0.15, 0.2) is 18.3 Å². The summed E-state index contributed by atoms with van der Waals surface area (Å²) >= 11 is 0. The Morgan fingerprint density at radius 3 is 2.87 bits per heavy atom. The largest absolute Gasteiger partial charge is 0.354 e. The summed E-state index contributed by atoms with van der Waals surface area (Å²) in [4.78, 5) is 32.8. The van der Waals surface area contributed by atoms with E-state index in [1.165, 1.54) is 12.8 Å². The first-order chi connectivity index (χ1) is 11.1. The number of rotatable bonds is 4. The molecule has 1 aromatic rings. The van der Waals surface area contributed by atoms with Gasteiger partial charge in [-0.05, 0) is 37.6 Å². The first-order valence-corrected chi connectivity index (χ1v) is 8.34. The molecule has 6 nitrogen and oxygen atoms in total. The molecule has 6 heteroatoms. The van der Waals surface area contributed by atoms with Crippen LogP contribution in [0.4, 0.5) is 0 Å². The fourth-order valence-corrected chi connectivity index (χ4v) is 3.39. The van der Waals surface area contributed by atoms with Gasteiger partial charge in [0.1, 0.15) is 0 Å². The summed E-state index contributed by atoms with van der Waals surface area (Å²) < 4.78 is 0. The van der Waals surface area contributed by atoms with Crippen molar-refractivity contribution in [1.82, 2.24) is 20.1 Å². The molecule has 0 aromatic carbocycles. The van der Waals surface area contributed by atoms with Crippen molar-refractivity contribution in [1.29, 1.82) is 0 Å². The first-order valence-electron chi connectivity index (χ1n) is 8.34. The van der Waals surface area contributed by atoms with Crippen molar-refractivity contribution in [2.24, 2.45) is 0 Å². The summed E-state index contributed by atoms with van der Waals surface area (Å²) in [7, 11) is 0. The number of hydrogen-bond acceptors (Lipinski definition) is 4. The minimum absolute atomic E-state index is 0.00521. The van der Waals surface area contributed by atoms with Crippen LogP contribution in [0.2, 0.25) is 0 Å². The molecule has 23 heavy (non-hydrogen) atoms. The molecule has 124 valence electrons. The molecule has 1 fully saturated rings. The van der Waals surface area contributed by atoms with Gasteiger partial charge in [-0.15, -0.1) is 0 Å². The van der Waals surface area contributed by atoms with Gasteiger partial charge in [-0.1, -0.05) is 6.07 Å². The molecule has 0 bridgehead atoms. The van der Waals surface area contributed by atoms with Gasteiger partial charge in [-0.3, -0.25) is 14.6 Å². The number of hydrogen-bond donors (Lipinski definition) is 1. The third-order valence-corrected chi connectivity index (χ3v) is 4.71. The van der Waals surface area contributed by atoms with Crippen LogP contribution in [0, 0.1) is 0 Å². The van der Waals surface area contributed by atoms with Crippen LogP contribution in [0.5, 0.6) is 0 Å². The molecule has 2 aliphatic rings. The zero-order valence-electron chi connectivity index (χ0n) is 13.6. The van der Waals surface area contributed by atoms with Crippen molar-refractivity contribution in [3.63, 3.8) is 0 Å². The minimum Gasteiger partial charge on any atom is -0.354 e. The second-order valence-corrected chi connectivity index (χ2v) is 6.34. The molecule has 2 amide bonds. The second kappa shape index (κ2) is 7.08. The molecular weight excluding hydrogens is 292 g/mol. The summed E-state index contributed by atoms with van der Waals surface area (Å²) in [6.45, 7) is 6.29. The van der Waals surface area contributed by atoms with Crippen molar-refractivity contribution < 1.29 is 9.59 Å². The van der Waals surface area contributed by atoms with Crippen LogP contribution in [-0.2, 0) is 16.1 Å². The van der Waals surface area contributed by atoms with Gasteiger partial charge < -0.3 is 15.1 Å². The molecule has 1 atom stereocenters. The summed E-state index contributed by atoms with van der Waals surface area (Å²) in [5.74, 6) is -0.410. The first kappa shape index (κ1) is 15.9. The molecule has 0 radical (unpaired) electrons. The maximum atomic E-state index is 12.6. The van der Waals surface area contributed by atoms with E-state index in [2.05, 4.69) is 15.2 Å². The van der Waals surface area contributed by atoms with Crippen LogP contribution in [0.1, 0.15) is 36.9 Å². The third-order valence-electron chi connectivity index (χ3n) is 4.71. The van der Waals surface area contributed by atoms with Gasteiger partial charge in [0.2, 0.25) is 11.8 Å². The molecule has 1 N–H and O–H groups in total. The zero-order chi connectivity index (χ0) is 16.2. The molecule has 0 spiro atoms. The van der Waals surface area contributed by atoms with Gasteiger partial charge in [-0.2, -0.15) is 0 Å². The Balaban J connectivity index is 1.64. The van der Waals surface area contributed by atoms with E-state index in [-0.39, 0.29) is 17.7 Å². The highest BCUT2D eigenvalue weighted by Gasteiger charge is 2.32. The predicted molar refractivity (Wildman–Crippen MR) is 86.8 cm³/mol. The Morgan fingerprint density at radius 1 is 1.35 bits per heavy atom. The highest BCUT2D eigenvalue weighted by atomic mass is 16.2. The van der Waals surface area contributed by atoms with E-state index in [1.54, 1.807) is 18.0 Å². The van der Waals surface area contributed by atoms with Gasteiger partial charge >= 0.3 is 0 Å². The molecule has 1 aromatic heterocycles. The minimum atomic E-state index is -0.373. The molecular formula is C17H24N4O2. The van der Waals surface area contributed by atoms with E-state index in [1.807, 2.05) is 12.1 Å². The van der Waals surface area contributed by atoms with Gasteiger partial charge in [0.15, 0.2) is 0 Å². The van der Waals surface area contributed by atoms with Gasteiger partial charge in [0, 0.05) is 39.3 Å². The number of fused-ring (bicyclic) bond motifs is 1. The molecule has 1 unspecified atom stereocenters. The second-order valence-electron chi connectivity index (χ2n) is 6.34. The average Bonchev–Trinajstić information content (AvgIpc) is 3.07. The molecule has 3 rings (SSSR count). The van der Waals surface area contributed by atoms with Crippen LogP contribution in [-0.4, -0.2) is 59.3 Å². The lowest BCUT2D eigenvalue weighted by Crippen LogP contribution is -2.44. The Bertz CT molecular complexity index is 584. The number of pyridine rings is 1. The average molecular weight is 316 g/mol. The fraction of sp³-hybridized carbons (Fsp3) is 0.588. The number of nitrogens with zero attached hydrogens (tertiary/aromatic N) is 3. The van der Waals surface area contributed by atoms with Crippen molar-refractivity contribution in [3.05, 3.63) is 29.6 Å². The summed E-state index contributed by atoms with van der Waals surface area (Å²) in [6, 6.07) is 3.80. The zero-order valence-corrected chi connectivity index (χ0v) is 13.6. The van der Waals surface area contributed by atoms with E-state index in [9.17, 15) is 9.59 Å². The normalized spacial score (nSPS) is 21.1. The maximum Gasteiger partial charge on any atom is 0.231 e. The third kappa shape index (κ3) is 3.69. The number of carbonyl (C=O) groups excluding carboxylic acids is 2. The Labute approximate surface area is 136 Å². The van der Waals surface area contributed by atoms with Crippen LogP contribution < -0.4 is 5.32 Å². The molecule has 3 heterocycles. The van der Waals surface area contributed by atoms with E-state index < -0.39 is 0 Å². The highest BCUT2D eigenvalue weighted by Crippen LogP contribution is 2.26. The predicted octanol–water partition coefficient (Wildman–Crippen LogP) is 0.739. The molecule has 0 aliphatic carbocycles. The van der Waals surface area contributed by atoms with Crippen molar-refractivity contribution in [2.45, 2.75) is 32.2 Å². The van der Waals surface area contributed by atoms with E-state index in [0.29, 0.717) is 19.6 Å². The van der Waals surface area contributed by atoms with Crippen LogP contribution >= 0.6 is 0 Å². The highest BCUT2D eigenvalue weighted by molar-refractivity contribution is 5.85. The summed E-state index contributed by atoms with van der Waals surface area (Å²) in [5, 5.41) is 3.02. The molecule has 0 saturated carbocycles. The Hall–Kier alpha value is -1.95. The van der Waals surface area contributed by atoms with Crippen molar-refractivity contribution in [3.8, 4) is 0 Å². The Morgan fingerprint density at radius 2 is 2.13 bits per heavy atom. The quantitative estimate of drug-likeness (QED) is 0.890. The topological polar surface area (TPSA) is 65.5 Å². The van der Waals surface area contributed by atoms with Gasteiger partial charge in [0.25, 0.3) is 0 Å².